The Hall–Kier alpha value is -1.13. The lowest BCUT2D eigenvalue weighted by Gasteiger charge is -2.28. The molecule has 0 aliphatic carbocycles. The third-order valence-corrected chi connectivity index (χ3v) is 3.83. The molecule has 0 amide bonds. The number of aliphatic hydroxyl groups is 2. The standard InChI is InChI=1S/C14H20FNO2/c1-9-5-6-16(14(9)8-17)13-4-3-11(10(2)18)7-12(13)15/h3-4,7,9-10,14,17-18H,5-6,8H2,1-2H3. The van der Waals surface area contributed by atoms with E-state index >= 15 is 0 Å². The summed E-state index contributed by atoms with van der Waals surface area (Å²) in [4.78, 5) is 1.92. The van der Waals surface area contributed by atoms with Crippen molar-refractivity contribution in [2.24, 2.45) is 5.92 Å². The summed E-state index contributed by atoms with van der Waals surface area (Å²) in [6.45, 7) is 4.49. The molecule has 1 aliphatic rings. The Balaban J connectivity index is 2.28. The van der Waals surface area contributed by atoms with E-state index in [1.165, 1.54) is 6.07 Å². The molecule has 0 spiro atoms. The van der Waals surface area contributed by atoms with Crippen LogP contribution in [0.15, 0.2) is 18.2 Å². The quantitative estimate of drug-likeness (QED) is 0.867. The molecule has 0 saturated carbocycles. The summed E-state index contributed by atoms with van der Waals surface area (Å²) in [5, 5.41) is 18.8. The van der Waals surface area contributed by atoms with Crippen molar-refractivity contribution in [3.05, 3.63) is 29.6 Å². The fourth-order valence-corrected chi connectivity index (χ4v) is 2.60. The van der Waals surface area contributed by atoms with Gasteiger partial charge in [-0.15, -0.1) is 0 Å². The molecule has 18 heavy (non-hydrogen) atoms. The van der Waals surface area contributed by atoms with Gasteiger partial charge in [-0.2, -0.15) is 0 Å². The molecule has 2 N–H and O–H groups in total. The Kier molecular flexibility index (Phi) is 3.88. The molecular formula is C14H20FNO2. The largest absolute Gasteiger partial charge is 0.394 e. The third kappa shape index (κ3) is 2.35. The second-order valence-corrected chi connectivity index (χ2v) is 5.10. The first kappa shape index (κ1) is 13.3. The Labute approximate surface area is 107 Å². The number of hydrogen-bond donors (Lipinski definition) is 2. The van der Waals surface area contributed by atoms with E-state index in [2.05, 4.69) is 6.92 Å². The zero-order chi connectivity index (χ0) is 13.3. The third-order valence-electron chi connectivity index (χ3n) is 3.83. The summed E-state index contributed by atoms with van der Waals surface area (Å²) in [6, 6.07) is 4.78. The molecule has 1 aromatic carbocycles. The molecule has 100 valence electrons. The fraction of sp³-hybridized carbons (Fsp3) is 0.571. The van der Waals surface area contributed by atoms with Crippen LogP contribution >= 0.6 is 0 Å². The van der Waals surface area contributed by atoms with Crippen molar-refractivity contribution in [1.82, 2.24) is 0 Å². The van der Waals surface area contributed by atoms with Gasteiger partial charge in [-0.1, -0.05) is 13.0 Å². The average Bonchev–Trinajstić information content (AvgIpc) is 2.70. The SMILES string of the molecule is CC(O)c1ccc(N2CCC(C)C2CO)c(F)c1. The van der Waals surface area contributed by atoms with Crippen LogP contribution in [0.4, 0.5) is 10.1 Å². The second-order valence-electron chi connectivity index (χ2n) is 5.10. The molecule has 4 heteroatoms. The smallest absolute Gasteiger partial charge is 0.146 e. The molecule has 1 heterocycles. The Morgan fingerprint density at radius 2 is 2.22 bits per heavy atom. The summed E-state index contributed by atoms with van der Waals surface area (Å²) in [5.41, 5.74) is 1.09. The highest BCUT2D eigenvalue weighted by atomic mass is 19.1. The van der Waals surface area contributed by atoms with Gasteiger partial charge in [0.1, 0.15) is 5.82 Å². The van der Waals surface area contributed by atoms with Gasteiger partial charge in [0.2, 0.25) is 0 Å². The number of halogens is 1. The van der Waals surface area contributed by atoms with E-state index in [1.54, 1.807) is 19.1 Å². The van der Waals surface area contributed by atoms with Gasteiger partial charge in [-0.25, -0.2) is 4.39 Å². The molecule has 1 aliphatic heterocycles. The summed E-state index contributed by atoms with van der Waals surface area (Å²) < 4.78 is 14.1. The predicted molar refractivity (Wildman–Crippen MR) is 69.0 cm³/mol. The van der Waals surface area contributed by atoms with Crippen LogP contribution in [0.2, 0.25) is 0 Å². The molecular weight excluding hydrogens is 233 g/mol. The van der Waals surface area contributed by atoms with Crippen LogP contribution in [-0.4, -0.2) is 29.4 Å². The maximum absolute atomic E-state index is 14.1. The summed E-state index contributed by atoms with van der Waals surface area (Å²) in [5.74, 6) is 0.0341. The second kappa shape index (κ2) is 5.24. The topological polar surface area (TPSA) is 43.7 Å². The molecule has 0 bridgehead atoms. The summed E-state index contributed by atoms with van der Waals surface area (Å²) in [6.07, 6.45) is 0.294. The lowest BCUT2D eigenvalue weighted by Crippen LogP contribution is -2.35. The maximum atomic E-state index is 14.1. The first-order chi connectivity index (χ1) is 8.54. The Morgan fingerprint density at radius 1 is 1.50 bits per heavy atom. The molecule has 3 unspecified atom stereocenters. The van der Waals surface area contributed by atoms with Gasteiger partial charge in [0, 0.05) is 6.54 Å². The summed E-state index contributed by atoms with van der Waals surface area (Å²) in [7, 11) is 0. The lowest BCUT2D eigenvalue weighted by molar-refractivity contribution is 0.199. The number of hydrogen-bond acceptors (Lipinski definition) is 3. The Morgan fingerprint density at radius 3 is 2.78 bits per heavy atom. The van der Waals surface area contributed by atoms with Gasteiger partial charge in [0.15, 0.2) is 0 Å². The normalized spacial score (nSPS) is 25.5. The van der Waals surface area contributed by atoms with Crippen molar-refractivity contribution >= 4 is 5.69 Å². The number of nitrogens with zero attached hydrogens (tertiary/aromatic N) is 1. The molecule has 3 nitrogen and oxygen atoms in total. The average molecular weight is 253 g/mol. The van der Waals surface area contributed by atoms with E-state index in [1.807, 2.05) is 4.90 Å². The summed E-state index contributed by atoms with van der Waals surface area (Å²) >= 11 is 0. The molecule has 1 fully saturated rings. The first-order valence-corrected chi connectivity index (χ1v) is 6.39. The van der Waals surface area contributed by atoms with E-state index < -0.39 is 6.10 Å². The van der Waals surface area contributed by atoms with E-state index in [0.717, 1.165) is 13.0 Å². The van der Waals surface area contributed by atoms with Crippen molar-refractivity contribution in [2.75, 3.05) is 18.1 Å². The zero-order valence-electron chi connectivity index (χ0n) is 10.8. The number of benzene rings is 1. The van der Waals surface area contributed by atoms with Crippen molar-refractivity contribution < 1.29 is 14.6 Å². The van der Waals surface area contributed by atoms with Gasteiger partial charge >= 0.3 is 0 Å². The lowest BCUT2D eigenvalue weighted by atomic mass is 10.0. The van der Waals surface area contributed by atoms with Crippen molar-refractivity contribution in [3.8, 4) is 0 Å². The Bertz CT molecular complexity index is 422. The van der Waals surface area contributed by atoms with Gasteiger partial charge in [0.05, 0.1) is 24.4 Å². The van der Waals surface area contributed by atoms with Crippen LogP contribution in [0.1, 0.15) is 31.9 Å². The van der Waals surface area contributed by atoms with Crippen LogP contribution in [0, 0.1) is 11.7 Å². The van der Waals surface area contributed by atoms with Crippen LogP contribution in [-0.2, 0) is 0 Å². The minimum Gasteiger partial charge on any atom is -0.394 e. The highest BCUT2D eigenvalue weighted by Crippen LogP contribution is 2.32. The van der Waals surface area contributed by atoms with E-state index in [-0.39, 0.29) is 18.5 Å². The minimum atomic E-state index is -0.667. The van der Waals surface area contributed by atoms with Crippen molar-refractivity contribution in [3.63, 3.8) is 0 Å². The zero-order valence-corrected chi connectivity index (χ0v) is 10.8. The number of rotatable bonds is 3. The molecule has 3 atom stereocenters. The number of anilines is 1. The van der Waals surface area contributed by atoms with E-state index in [0.29, 0.717) is 17.2 Å². The molecule has 0 aromatic heterocycles. The van der Waals surface area contributed by atoms with Gasteiger partial charge in [-0.3, -0.25) is 0 Å². The van der Waals surface area contributed by atoms with Gasteiger partial charge in [0.25, 0.3) is 0 Å². The highest BCUT2D eigenvalue weighted by Gasteiger charge is 2.32. The van der Waals surface area contributed by atoms with Crippen LogP contribution < -0.4 is 4.90 Å². The first-order valence-electron chi connectivity index (χ1n) is 6.39. The monoisotopic (exact) mass is 253 g/mol. The highest BCUT2D eigenvalue weighted by molar-refractivity contribution is 5.51. The number of aliphatic hydroxyl groups excluding tert-OH is 2. The van der Waals surface area contributed by atoms with Gasteiger partial charge in [-0.05, 0) is 37.0 Å². The van der Waals surface area contributed by atoms with Crippen molar-refractivity contribution in [1.29, 1.82) is 0 Å². The predicted octanol–water partition coefficient (Wildman–Crippen LogP) is 2.09. The van der Waals surface area contributed by atoms with Crippen LogP contribution in [0.25, 0.3) is 0 Å². The fourth-order valence-electron chi connectivity index (χ4n) is 2.60. The minimum absolute atomic E-state index is 0.0168. The molecule has 1 saturated heterocycles. The van der Waals surface area contributed by atoms with E-state index in [9.17, 15) is 14.6 Å². The molecule has 1 aromatic rings. The van der Waals surface area contributed by atoms with Crippen molar-refractivity contribution in [2.45, 2.75) is 32.4 Å². The maximum Gasteiger partial charge on any atom is 0.146 e. The van der Waals surface area contributed by atoms with Gasteiger partial charge < -0.3 is 15.1 Å². The van der Waals surface area contributed by atoms with Crippen LogP contribution in [0.5, 0.6) is 0 Å². The van der Waals surface area contributed by atoms with Crippen LogP contribution in [0.3, 0.4) is 0 Å². The molecule has 2 rings (SSSR count). The molecule has 0 radical (unpaired) electrons. The van der Waals surface area contributed by atoms with E-state index in [4.69, 9.17) is 0 Å².